The number of rotatable bonds is 8. The van der Waals surface area contributed by atoms with Crippen LogP contribution in [0.5, 0.6) is 0 Å². The zero-order chi connectivity index (χ0) is 23.8. The van der Waals surface area contributed by atoms with E-state index in [-0.39, 0.29) is 13.2 Å². The van der Waals surface area contributed by atoms with Gasteiger partial charge in [-0.1, -0.05) is 28.1 Å². The fourth-order valence-corrected chi connectivity index (χ4v) is 3.68. The molecule has 10 nitrogen and oxygen atoms in total. The van der Waals surface area contributed by atoms with Crippen LogP contribution in [-0.2, 0) is 49.5 Å². The molecule has 32 heavy (non-hydrogen) atoms. The molecule has 0 radical (unpaired) electrons. The highest BCUT2D eigenvalue weighted by atomic mass is 79.9. The molecule has 1 aliphatic rings. The molecule has 2 rings (SSSR count). The smallest absolute Gasteiger partial charge is 0.303 e. The van der Waals surface area contributed by atoms with Gasteiger partial charge < -0.3 is 29.0 Å². The molecule has 0 spiro atoms. The maximum absolute atomic E-state index is 11.9. The number of ether oxygens (including phenoxy) is 5. The Kier molecular flexibility index (Phi) is 9.60. The van der Waals surface area contributed by atoms with Crippen molar-refractivity contribution >= 4 is 39.7 Å². The summed E-state index contributed by atoms with van der Waals surface area (Å²) in [5.41, 5.74) is 0.812. The first-order chi connectivity index (χ1) is 15.1. The number of hydrogen-bond donors (Lipinski definition) is 1. The van der Waals surface area contributed by atoms with Crippen molar-refractivity contribution in [3.8, 4) is 0 Å². The van der Waals surface area contributed by atoms with Crippen LogP contribution in [0.3, 0.4) is 0 Å². The molecule has 0 unspecified atom stereocenters. The maximum Gasteiger partial charge on any atom is 0.303 e. The van der Waals surface area contributed by atoms with Gasteiger partial charge >= 0.3 is 17.9 Å². The van der Waals surface area contributed by atoms with Gasteiger partial charge in [0.1, 0.15) is 18.8 Å². The Morgan fingerprint density at radius 2 is 1.66 bits per heavy atom. The number of carbonyl (C=O) groups excluding carboxylic acids is 4. The molecule has 0 saturated carbocycles. The maximum atomic E-state index is 11.9. The first-order valence-corrected chi connectivity index (χ1v) is 10.6. The molecule has 11 heteroatoms. The molecule has 5 atom stereocenters. The van der Waals surface area contributed by atoms with Crippen LogP contribution in [0.15, 0.2) is 28.7 Å². The monoisotopic (exact) mass is 515 g/mol. The summed E-state index contributed by atoms with van der Waals surface area (Å²) >= 11 is 3.39. The van der Waals surface area contributed by atoms with Crippen molar-refractivity contribution in [1.82, 2.24) is 5.32 Å². The number of esters is 3. The van der Waals surface area contributed by atoms with Crippen molar-refractivity contribution < 1.29 is 42.9 Å². The van der Waals surface area contributed by atoms with Crippen molar-refractivity contribution in [3.05, 3.63) is 34.3 Å². The Labute approximate surface area is 194 Å². The van der Waals surface area contributed by atoms with Crippen LogP contribution in [0, 0.1) is 0 Å². The second-order valence-corrected chi connectivity index (χ2v) is 8.08. The lowest BCUT2D eigenvalue weighted by molar-refractivity contribution is -0.280. The molecule has 0 aliphatic carbocycles. The number of amides is 1. The van der Waals surface area contributed by atoms with Crippen molar-refractivity contribution in [3.63, 3.8) is 0 Å². The molecule has 1 aromatic carbocycles. The topological polar surface area (TPSA) is 126 Å². The van der Waals surface area contributed by atoms with E-state index in [1.54, 1.807) is 0 Å². The molecule has 1 fully saturated rings. The van der Waals surface area contributed by atoms with Gasteiger partial charge in [0.05, 0.1) is 6.61 Å². The number of nitrogens with one attached hydrogen (secondary N) is 1. The standard InChI is InChI=1S/C21H26BrNO9/c1-11(24)23-18-20(31-14(4)27)19(30-13(3)26)17(10-28-12(2)25)32-21(18)29-9-15-6-5-7-16(22)8-15/h5-8,17-21H,9-10H2,1-4H3,(H,23,24)/t17-,18+,19-,20+,21-/m1/s1. The van der Waals surface area contributed by atoms with E-state index in [9.17, 15) is 19.2 Å². The first-order valence-electron chi connectivity index (χ1n) is 9.83. The summed E-state index contributed by atoms with van der Waals surface area (Å²) in [6.45, 7) is 4.68. The fourth-order valence-electron chi connectivity index (χ4n) is 3.24. The van der Waals surface area contributed by atoms with E-state index < -0.39 is 54.5 Å². The highest BCUT2D eigenvalue weighted by Gasteiger charge is 2.51. The van der Waals surface area contributed by atoms with E-state index in [4.69, 9.17) is 23.7 Å². The average Bonchev–Trinajstić information content (AvgIpc) is 2.67. The summed E-state index contributed by atoms with van der Waals surface area (Å²) in [7, 11) is 0. The minimum Gasteiger partial charge on any atom is -0.463 e. The minimum absolute atomic E-state index is 0.103. The third kappa shape index (κ3) is 7.88. The Balaban J connectivity index is 2.36. The van der Waals surface area contributed by atoms with Crippen LogP contribution in [0.1, 0.15) is 33.3 Å². The highest BCUT2D eigenvalue weighted by molar-refractivity contribution is 9.10. The zero-order valence-corrected chi connectivity index (χ0v) is 19.7. The Morgan fingerprint density at radius 1 is 1.00 bits per heavy atom. The van der Waals surface area contributed by atoms with E-state index in [0.717, 1.165) is 10.0 Å². The number of halogens is 1. The summed E-state index contributed by atoms with van der Waals surface area (Å²) in [5.74, 6) is -2.35. The van der Waals surface area contributed by atoms with Gasteiger partial charge in [0.2, 0.25) is 5.91 Å². The van der Waals surface area contributed by atoms with Crippen LogP contribution in [0.4, 0.5) is 0 Å². The third-order valence-corrected chi connectivity index (χ3v) is 4.87. The molecule has 1 heterocycles. The summed E-state index contributed by atoms with van der Waals surface area (Å²) in [6, 6.07) is 6.37. The lowest BCUT2D eigenvalue weighted by Crippen LogP contribution is -2.66. The zero-order valence-electron chi connectivity index (χ0n) is 18.2. The summed E-state index contributed by atoms with van der Waals surface area (Å²) in [5, 5.41) is 2.65. The Morgan fingerprint density at radius 3 is 2.22 bits per heavy atom. The average molecular weight is 516 g/mol. The van der Waals surface area contributed by atoms with Crippen LogP contribution >= 0.6 is 15.9 Å². The summed E-state index contributed by atoms with van der Waals surface area (Å²) < 4.78 is 28.5. The second kappa shape index (κ2) is 11.9. The minimum atomic E-state index is -1.15. The van der Waals surface area contributed by atoms with Crippen molar-refractivity contribution in [2.45, 2.75) is 64.9 Å². The third-order valence-electron chi connectivity index (χ3n) is 4.37. The molecular weight excluding hydrogens is 490 g/mol. The molecule has 0 bridgehead atoms. The van der Waals surface area contributed by atoms with Gasteiger partial charge in [-0.3, -0.25) is 19.2 Å². The largest absolute Gasteiger partial charge is 0.463 e. The lowest BCUT2D eigenvalue weighted by atomic mass is 9.96. The van der Waals surface area contributed by atoms with E-state index in [1.165, 1.54) is 27.7 Å². The quantitative estimate of drug-likeness (QED) is 0.405. The van der Waals surface area contributed by atoms with Crippen LogP contribution in [-0.4, -0.2) is 61.1 Å². The predicted octanol–water partition coefficient (Wildman–Crippen LogP) is 1.62. The summed E-state index contributed by atoms with van der Waals surface area (Å²) in [4.78, 5) is 46.8. The van der Waals surface area contributed by atoms with Gasteiger partial charge in [-0.2, -0.15) is 0 Å². The Bertz CT molecular complexity index is 846. The number of hydrogen-bond acceptors (Lipinski definition) is 9. The first kappa shape index (κ1) is 25.8. The predicted molar refractivity (Wildman–Crippen MR) is 113 cm³/mol. The number of carbonyl (C=O) groups is 4. The normalized spacial score (nSPS) is 24.8. The molecule has 1 aromatic rings. The molecule has 0 aromatic heterocycles. The van der Waals surface area contributed by atoms with E-state index in [0.29, 0.717) is 0 Å². The van der Waals surface area contributed by atoms with Gasteiger partial charge in [0, 0.05) is 32.2 Å². The second-order valence-electron chi connectivity index (χ2n) is 7.16. The van der Waals surface area contributed by atoms with E-state index >= 15 is 0 Å². The molecule has 1 saturated heterocycles. The van der Waals surface area contributed by atoms with Crippen LogP contribution in [0.2, 0.25) is 0 Å². The van der Waals surface area contributed by atoms with Crippen LogP contribution in [0.25, 0.3) is 0 Å². The van der Waals surface area contributed by atoms with Crippen molar-refractivity contribution in [2.24, 2.45) is 0 Å². The van der Waals surface area contributed by atoms with Gasteiger partial charge in [-0.05, 0) is 17.7 Å². The van der Waals surface area contributed by atoms with Gasteiger partial charge in [-0.25, -0.2) is 0 Å². The van der Waals surface area contributed by atoms with Crippen molar-refractivity contribution in [1.29, 1.82) is 0 Å². The van der Waals surface area contributed by atoms with Gasteiger partial charge in [0.15, 0.2) is 18.5 Å². The molecule has 176 valence electrons. The fraction of sp³-hybridized carbons (Fsp3) is 0.524. The van der Waals surface area contributed by atoms with E-state index in [1.807, 2.05) is 24.3 Å². The van der Waals surface area contributed by atoms with Crippen molar-refractivity contribution in [2.75, 3.05) is 6.61 Å². The molecular formula is C21H26BrNO9. The molecule has 1 amide bonds. The number of benzene rings is 1. The molecule has 1 aliphatic heterocycles. The van der Waals surface area contributed by atoms with E-state index in [2.05, 4.69) is 21.2 Å². The summed E-state index contributed by atoms with van der Waals surface area (Å²) in [6.07, 6.45) is -4.42. The lowest BCUT2D eigenvalue weighted by Gasteiger charge is -2.44. The SMILES string of the molecule is CC(=O)N[C@@H]1[C@H](OCc2cccc(Br)c2)O[C@H](COC(C)=O)[C@@H](OC(C)=O)[C@H]1OC(C)=O. The van der Waals surface area contributed by atoms with Gasteiger partial charge in [-0.15, -0.1) is 0 Å². The van der Waals surface area contributed by atoms with Crippen LogP contribution < -0.4 is 5.32 Å². The van der Waals surface area contributed by atoms with Gasteiger partial charge in [0.25, 0.3) is 0 Å². The Hall–Kier alpha value is -2.50. The highest BCUT2D eigenvalue weighted by Crippen LogP contribution is 2.28. The molecule has 1 N–H and O–H groups in total.